The summed E-state index contributed by atoms with van der Waals surface area (Å²) in [6, 6.07) is 7.99. The second kappa shape index (κ2) is 7.48. The average molecular weight is 271 g/mol. The molecule has 1 aromatic carbocycles. The number of rotatable bonds is 7. The van der Waals surface area contributed by atoms with Crippen LogP contribution in [-0.4, -0.2) is 23.1 Å². The lowest BCUT2D eigenvalue weighted by Crippen LogP contribution is -2.04. The van der Waals surface area contributed by atoms with Gasteiger partial charge < -0.3 is 10.1 Å². The lowest BCUT2D eigenvalue weighted by Gasteiger charge is -2.10. The van der Waals surface area contributed by atoms with E-state index in [-0.39, 0.29) is 0 Å². The summed E-state index contributed by atoms with van der Waals surface area (Å²) in [4.78, 5) is 8.81. The molecule has 0 saturated heterocycles. The average Bonchev–Trinajstić information content (AvgIpc) is 2.51. The van der Waals surface area contributed by atoms with Crippen molar-refractivity contribution in [2.75, 3.05) is 18.5 Å². The van der Waals surface area contributed by atoms with Crippen molar-refractivity contribution in [2.24, 2.45) is 0 Å². The lowest BCUT2D eigenvalue weighted by atomic mass is 10.1. The van der Waals surface area contributed by atoms with E-state index in [9.17, 15) is 0 Å². The molecule has 0 unspecified atom stereocenters. The molecule has 0 spiro atoms. The van der Waals surface area contributed by atoms with Gasteiger partial charge in [-0.15, -0.1) is 0 Å². The monoisotopic (exact) mass is 271 g/mol. The maximum Gasteiger partial charge on any atom is 0.152 e. The van der Waals surface area contributed by atoms with Crippen molar-refractivity contribution in [3.63, 3.8) is 0 Å². The van der Waals surface area contributed by atoms with Gasteiger partial charge in [-0.2, -0.15) is 0 Å². The molecule has 0 aliphatic heterocycles. The fourth-order valence-electron chi connectivity index (χ4n) is 1.88. The Morgan fingerprint density at radius 2 is 1.95 bits per heavy atom. The van der Waals surface area contributed by atoms with Crippen LogP contribution >= 0.6 is 0 Å². The first-order valence-electron chi connectivity index (χ1n) is 7.13. The van der Waals surface area contributed by atoms with Gasteiger partial charge in [-0.25, -0.2) is 4.98 Å². The Morgan fingerprint density at radius 1 is 1.10 bits per heavy atom. The predicted molar refractivity (Wildman–Crippen MR) is 82.0 cm³/mol. The molecule has 1 aromatic heterocycles. The van der Waals surface area contributed by atoms with Gasteiger partial charge in [-0.1, -0.05) is 26.0 Å². The minimum Gasteiger partial charge on any atom is -0.494 e. The summed E-state index contributed by atoms with van der Waals surface area (Å²) >= 11 is 0. The zero-order valence-corrected chi connectivity index (χ0v) is 12.1. The van der Waals surface area contributed by atoms with Gasteiger partial charge in [-0.3, -0.25) is 4.98 Å². The summed E-state index contributed by atoms with van der Waals surface area (Å²) in [7, 11) is 0. The van der Waals surface area contributed by atoms with E-state index in [1.165, 1.54) is 0 Å². The first kappa shape index (κ1) is 14.3. The van der Waals surface area contributed by atoms with E-state index in [0.29, 0.717) is 0 Å². The van der Waals surface area contributed by atoms with Crippen LogP contribution in [0, 0.1) is 0 Å². The van der Waals surface area contributed by atoms with E-state index in [1.807, 2.05) is 24.3 Å². The molecule has 0 fully saturated rings. The van der Waals surface area contributed by atoms with E-state index < -0.39 is 0 Å². The third-order valence-electron chi connectivity index (χ3n) is 2.82. The van der Waals surface area contributed by atoms with Crippen LogP contribution in [0.5, 0.6) is 5.75 Å². The van der Waals surface area contributed by atoms with E-state index in [1.54, 1.807) is 12.4 Å². The van der Waals surface area contributed by atoms with Crippen LogP contribution in [0.15, 0.2) is 36.7 Å². The molecule has 4 heteroatoms. The Bertz CT molecular complexity index is 543. The molecular weight excluding hydrogens is 250 g/mol. The van der Waals surface area contributed by atoms with Crippen molar-refractivity contribution in [2.45, 2.75) is 26.7 Å². The number of aromatic nitrogens is 2. The van der Waals surface area contributed by atoms with Crippen molar-refractivity contribution >= 4 is 5.82 Å². The minimum absolute atomic E-state index is 0.727. The van der Waals surface area contributed by atoms with Gasteiger partial charge in [0.15, 0.2) is 5.82 Å². The van der Waals surface area contributed by atoms with Crippen LogP contribution in [0.4, 0.5) is 5.82 Å². The first-order valence-corrected chi connectivity index (χ1v) is 7.13. The molecule has 2 rings (SSSR count). The van der Waals surface area contributed by atoms with Gasteiger partial charge in [0, 0.05) is 24.5 Å². The summed E-state index contributed by atoms with van der Waals surface area (Å²) in [5, 5.41) is 3.31. The highest BCUT2D eigenvalue weighted by atomic mass is 16.5. The molecular formula is C16H21N3O. The number of hydrogen-bond donors (Lipinski definition) is 1. The van der Waals surface area contributed by atoms with E-state index >= 15 is 0 Å². The van der Waals surface area contributed by atoms with Crippen LogP contribution in [-0.2, 0) is 0 Å². The molecule has 4 nitrogen and oxygen atoms in total. The second-order valence-electron chi connectivity index (χ2n) is 4.56. The van der Waals surface area contributed by atoms with Crippen molar-refractivity contribution < 1.29 is 4.74 Å². The van der Waals surface area contributed by atoms with Crippen LogP contribution in [0.3, 0.4) is 0 Å². The molecule has 20 heavy (non-hydrogen) atoms. The van der Waals surface area contributed by atoms with Crippen molar-refractivity contribution in [3.05, 3.63) is 36.7 Å². The molecule has 1 heterocycles. The van der Waals surface area contributed by atoms with E-state index in [4.69, 9.17) is 4.74 Å². The molecule has 0 radical (unpaired) electrons. The van der Waals surface area contributed by atoms with Gasteiger partial charge in [0.05, 0.1) is 6.61 Å². The molecule has 1 N–H and O–H groups in total. The number of ether oxygens (including phenoxy) is 1. The Hall–Kier alpha value is -2.10. The highest BCUT2D eigenvalue weighted by Crippen LogP contribution is 2.26. The molecule has 2 aromatic rings. The van der Waals surface area contributed by atoms with Crippen LogP contribution in [0.1, 0.15) is 26.7 Å². The normalized spacial score (nSPS) is 10.3. The highest BCUT2D eigenvalue weighted by Gasteiger charge is 2.08. The summed E-state index contributed by atoms with van der Waals surface area (Å²) in [6.07, 6.45) is 5.47. The Balaban J connectivity index is 2.26. The van der Waals surface area contributed by atoms with Crippen LogP contribution < -0.4 is 10.1 Å². The molecule has 0 aliphatic rings. The van der Waals surface area contributed by atoms with Gasteiger partial charge >= 0.3 is 0 Å². The van der Waals surface area contributed by atoms with Gasteiger partial charge in [0.2, 0.25) is 0 Å². The minimum atomic E-state index is 0.727. The largest absolute Gasteiger partial charge is 0.494 e. The van der Waals surface area contributed by atoms with E-state index in [0.717, 1.165) is 48.8 Å². The van der Waals surface area contributed by atoms with E-state index in [2.05, 4.69) is 29.1 Å². The Kier molecular flexibility index (Phi) is 5.35. The number of nitrogens with zero attached hydrogens (tertiary/aromatic N) is 2. The number of hydrogen-bond acceptors (Lipinski definition) is 4. The molecule has 0 aliphatic carbocycles. The molecule has 0 bridgehead atoms. The molecule has 0 atom stereocenters. The Labute approximate surface area is 120 Å². The predicted octanol–water partition coefficient (Wildman–Crippen LogP) is 3.75. The smallest absolute Gasteiger partial charge is 0.152 e. The second-order valence-corrected chi connectivity index (χ2v) is 4.56. The molecule has 0 amide bonds. The third kappa shape index (κ3) is 3.70. The third-order valence-corrected chi connectivity index (χ3v) is 2.82. The molecule has 0 saturated carbocycles. The Morgan fingerprint density at radius 3 is 2.75 bits per heavy atom. The summed E-state index contributed by atoms with van der Waals surface area (Å²) in [5.74, 6) is 1.69. The summed E-state index contributed by atoms with van der Waals surface area (Å²) < 4.78 is 5.67. The van der Waals surface area contributed by atoms with Crippen LogP contribution in [0.25, 0.3) is 11.3 Å². The summed E-state index contributed by atoms with van der Waals surface area (Å²) in [5.41, 5.74) is 1.88. The zero-order valence-electron chi connectivity index (χ0n) is 12.1. The van der Waals surface area contributed by atoms with Gasteiger partial charge in [0.1, 0.15) is 11.4 Å². The number of benzene rings is 1. The molecule has 106 valence electrons. The van der Waals surface area contributed by atoms with Crippen molar-refractivity contribution in [1.82, 2.24) is 9.97 Å². The topological polar surface area (TPSA) is 47.0 Å². The number of nitrogens with one attached hydrogen (secondary N) is 1. The maximum absolute atomic E-state index is 5.67. The quantitative estimate of drug-likeness (QED) is 0.833. The summed E-state index contributed by atoms with van der Waals surface area (Å²) in [6.45, 7) is 5.84. The highest BCUT2D eigenvalue weighted by molar-refractivity contribution is 5.72. The first-order chi connectivity index (χ1) is 9.85. The lowest BCUT2D eigenvalue weighted by molar-refractivity contribution is 0.317. The van der Waals surface area contributed by atoms with Gasteiger partial charge in [0.25, 0.3) is 0 Å². The van der Waals surface area contributed by atoms with Crippen molar-refractivity contribution in [1.29, 1.82) is 0 Å². The van der Waals surface area contributed by atoms with Crippen molar-refractivity contribution in [3.8, 4) is 17.0 Å². The SMILES string of the molecule is CCCNc1nccnc1-c1cccc(OCCC)c1. The fourth-order valence-corrected chi connectivity index (χ4v) is 1.88. The fraction of sp³-hybridized carbons (Fsp3) is 0.375. The number of anilines is 1. The standard InChI is InChI=1S/C16H21N3O/c1-3-8-18-16-15(17-9-10-19-16)13-6-5-7-14(12-13)20-11-4-2/h5-7,9-10,12H,3-4,8,11H2,1-2H3,(H,18,19). The zero-order chi connectivity index (χ0) is 14.2. The maximum atomic E-state index is 5.67. The van der Waals surface area contributed by atoms with Gasteiger partial charge in [-0.05, 0) is 25.0 Å². The van der Waals surface area contributed by atoms with Crippen LogP contribution in [0.2, 0.25) is 0 Å².